The van der Waals surface area contributed by atoms with Gasteiger partial charge in [0.15, 0.2) is 0 Å². The number of aryl methyl sites for hydroxylation is 1. The highest BCUT2D eigenvalue weighted by molar-refractivity contribution is 6.31. The van der Waals surface area contributed by atoms with Crippen LogP contribution in [0.3, 0.4) is 0 Å². The van der Waals surface area contributed by atoms with Crippen LogP contribution in [0.1, 0.15) is 31.4 Å². The van der Waals surface area contributed by atoms with Crippen molar-refractivity contribution in [2.45, 2.75) is 39.2 Å². The molecule has 0 unspecified atom stereocenters. The van der Waals surface area contributed by atoms with Gasteiger partial charge in [-0.05, 0) is 33.4 Å². The molecule has 0 saturated heterocycles. The number of aromatic nitrogens is 2. The zero-order chi connectivity index (χ0) is 11.1. The highest BCUT2D eigenvalue weighted by Gasteiger charge is 2.02. The minimum atomic E-state index is 0.769. The Kier molecular flexibility index (Phi) is 5.73. The van der Waals surface area contributed by atoms with Gasteiger partial charge in [0.05, 0.1) is 16.9 Å². The molecule has 0 aromatic carbocycles. The van der Waals surface area contributed by atoms with Gasteiger partial charge in [0.2, 0.25) is 0 Å². The zero-order valence-corrected chi connectivity index (χ0v) is 10.3. The lowest BCUT2D eigenvalue weighted by Gasteiger charge is -2.04. The van der Waals surface area contributed by atoms with Crippen molar-refractivity contribution in [1.82, 2.24) is 15.1 Å². The van der Waals surface area contributed by atoms with Gasteiger partial charge < -0.3 is 5.32 Å². The van der Waals surface area contributed by atoms with Crippen LogP contribution in [0.2, 0.25) is 5.02 Å². The SMILES string of the molecule is CNCCCCCCn1ncc(Cl)c1C. The van der Waals surface area contributed by atoms with E-state index in [2.05, 4.69) is 10.4 Å². The molecule has 1 N–H and O–H groups in total. The number of halogens is 1. The molecule has 1 aromatic heterocycles. The van der Waals surface area contributed by atoms with Crippen molar-refractivity contribution < 1.29 is 0 Å². The van der Waals surface area contributed by atoms with E-state index in [1.807, 2.05) is 18.7 Å². The molecule has 1 heterocycles. The molecule has 0 aliphatic rings. The minimum absolute atomic E-state index is 0.769. The van der Waals surface area contributed by atoms with Gasteiger partial charge in [-0.3, -0.25) is 4.68 Å². The van der Waals surface area contributed by atoms with E-state index in [0.717, 1.165) is 23.8 Å². The summed E-state index contributed by atoms with van der Waals surface area (Å²) in [7, 11) is 2.00. The Morgan fingerprint density at radius 2 is 2.07 bits per heavy atom. The Labute approximate surface area is 96.8 Å². The second-order valence-electron chi connectivity index (χ2n) is 3.82. The van der Waals surface area contributed by atoms with Crippen molar-refractivity contribution in [3.63, 3.8) is 0 Å². The maximum atomic E-state index is 5.92. The molecule has 15 heavy (non-hydrogen) atoms. The highest BCUT2D eigenvalue weighted by atomic mass is 35.5. The van der Waals surface area contributed by atoms with E-state index >= 15 is 0 Å². The lowest BCUT2D eigenvalue weighted by atomic mass is 10.2. The van der Waals surface area contributed by atoms with Crippen molar-refractivity contribution in [1.29, 1.82) is 0 Å². The number of unbranched alkanes of at least 4 members (excludes halogenated alkanes) is 3. The largest absolute Gasteiger partial charge is 0.320 e. The van der Waals surface area contributed by atoms with E-state index < -0.39 is 0 Å². The van der Waals surface area contributed by atoms with E-state index in [-0.39, 0.29) is 0 Å². The fourth-order valence-electron chi connectivity index (χ4n) is 1.57. The maximum Gasteiger partial charge on any atom is 0.0814 e. The normalized spacial score (nSPS) is 10.9. The predicted molar refractivity (Wildman–Crippen MR) is 64.4 cm³/mol. The average molecular weight is 230 g/mol. The summed E-state index contributed by atoms with van der Waals surface area (Å²) >= 11 is 5.92. The summed E-state index contributed by atoms with van der Waals surface area (Å²) in [5.74, 6) is 0. The monoisotopic (exact) mass is 229 g/mol. The first-order valence-electron chi connectivity index (χ1n) is 5.58. The molecule has 0 radical (unpaired) electrons. The number of hydrogen-bond acceptors (Lipinski definition) is 2. The smallest absolute Gasteiger partial charge is 0.0814 e. The van der Waals surface area contributed by atoms with Crippen molar-refractivity contribution in [2.24, 2.45) is 0 Å². The summed E-state index contributed by atoms with van der Waals surface area (Å²) in [4.78, 5) is 0. The fourth-order valence-corrected chi connectivity index (χ4v) is 1.71. The zero-order valence-electron chi connectivity index (χ0n) is 9.59. The molecule has 1 rings (SSSR count). The van der Waals surface area contributed by atoms with Gasteiger partial charge in [0.25, 0.3) is 0 Å². The molecule has 4 heteroatoms. The van der Waals surface area contributed by atoms with Crippen LogP contribution in [-0.4, -0.2) is 23.4 Å². The van der Waals surface area contributed by atoms with Crippen LogP contribution < -0.4 is 5.32 Å². The summed E-state index contributed by atoms with van der Waals surface area (Å²) in [6.45, 7) is 4.11. The van der Waals surface area contributed by atoms with Crippen LogP contribution in [0, 0.1) is 6.92 Å². The Morgan fingerprint density at radius 1 is 1.33 bits per heavy atom. The van der Waals surface area contributed by atoms with Gasteiger partial charge in [0, 0.05) is 6.54 Å². The Hall–Kier alpha value is -0.540. The van der Waals surface area contributed by atoms with Crippen LogP contribution in [0.25, 0.3) is 0 Å². The van der Waals surface area contributed by atoms with E-state index in [1.165, 1.54) is 25.7 Å². The minimum Gasteiger partial charge on any atom is -0.320 e. The van der Waals surface area contributed by atoms with Gasteiger partial charge >= 0.3 is 0 Å². The molecule has 0 aliphatic carbocycles. The Bertz CT molecular complexity index is 283. The maximum absolute atomic E-state index is 5.92. The Balaban J connectivity index is 2.12. The predicted octanol–water partition coefficient (Wildman–Crippen LogP) is 2.62. The number of nitrogens with one attached hydrogen (secondary N) is 1. The van der Waals surface area contributed by atoms with Crippen molar-refractivity contribution in [2.75, 3.05) is 13.6 Å². The third-order valence-corrected chi connectivity index (χ3v) is 2.96. The van der Waals surface area contributed by atoms with Crippen LogP contribution in [-0.2, 0) is 6.54 Å². The molecule has 86 valence electrons. The number of rotatable bonds is 7. The van der Waals surface area contributed by atoms with Crippen molar-refractivity contribution in [3.8, 4) is 0 Å². The van der Waals surface area contributed by atoms with Gasteiger partial charge in [-0.15, -0.1) is 0 Å². The molecular weight excluding hydrogens is 210 g/mol. The second kappa shape index (κ2) is 6.85. The van der Waals surface area contributed by atoms with E-state index in [0.29, 0.717) is 0 Å². The third kappa shape index (κ3) is 4.22. The molecular formula is C11H20ClN3. The molecule has 0 aliphatic heterocycles. The number of hydrogen-bond donors (Lipinski definition) is 1. The number of nitrogens with zero attached hydrogens (tertiary/aromatic N) is 2. The van der Waals surface area contributed by atoms with Gasteiger partial charge in [-0.25, -0.2) is 0 Å². The van der Waals surface area contributed by atoms with Gasteiger partial charge in [-0.2, -0.15) is 5.10 Å². The second-order valence-corrected chi connectivity index (χ2v) is 4.23. The summed E-state index contributed by atoms with van der Waals surface area (Å²) in [5, 5.41) is 8.14. The third-order valence-electron chi connectivity index (χ3n) is 2.59. The molecule has 3 nitrogen and oxygen atoms in total. The van der Waals surface area contributed by atoms with Gasteiger partial charge in [-0.1, -0.05) is 24.4 Å². The first-order chi connectivity index (χ1) is 7.25. The quantitative estimate of drug-likeness (QED) is 0.729. The van der Waals surface area contributed by atoms with E-state index in [1.54, 1.807) is 6.20 Å². The molecule has 0 spiro atoms. The highest BCUT2D eigenvalue weighted by Crippen LogP contribution is 2.14. The summed E-state index contributed by atoms with van der Waals surface area (Å²) in [6, 6.07) is 0. The first kappa shape index (κ1) is 12.5. The molecule has 0 amide bonds. The van der Waals surface area contributed by atoms with Crippen LogP contribution >= 0.6 is 11.6 Å². The molecule has 1 aromatic rings. The van der Waals surface area contributed by atoms with Gasteiger partial charge in [0.1, 0.15) is 0 Å². The summed E-state index contributed by atoms with van der Waals surface area (Å²) in [5.41, 5.74) is 1.08. The first-order valence-corrected chi connectivity index (χ1v) is 5.96. The summed E-state index contributed by atoms with van der Waals surface area (Å²) in [6.07, 6.45) is 6.71. The van der Waals surface area contributed by atoms with Crippen molar-refractivity contribution >= 4 is 11.6 Å². The van der Waals surface area contributed by atoms with E-state index in [4.69, 9.17) is 11.6 Å². The fraction of sp³-hybridized carbons (Fsp3) is 0.727. The van der Waals surface area contributed by atoms with Crippen LogP contribution in [0.5, 0.6) is 0 Å². The summed E-state index contributed by atoms with van der Waals surface area (Å²) < 4.78 is 1.99. The molecule has 0 atom stereocenters. The topological polar surface area (TPSA) is 29.9 Å². The molecule has 0 fully saturated rings. The van der Waals surface area contributed by atoms with Crippen molar-refractivity contribution in [3.05, 3.63) is 16.9 Å². The lowest BCUT2D eigenvalue weighted by molar-refractivity contribution is 0.523. The van der Waals surface area contributed by atoms with Crippen LogP contribution in [0.15, 0.2) is 6.20 Å². The van der Waals surface area contributed by atoms with Crippen LogP contribution in [0.4, 0.5) is 0 Å². The lowest BCUT2D eigenvalue weighted by Crippen LogP contribution is -2.07. The average Bonchev–Trinajstić information content (AvgIpc) is 2.54. The molecule has 0 bridgehead atoms. The standard InChI is InChI=1S/C11H20ClN3/c1-10-11(12)9-14-15(10)8-6-4-3-5-7-13-2/h9,13H,3-8H2,1-2H3. The van der Waals surface area contributed by atoms with E-state index in [9.17, 15) is 0 Å². The molecule has 0 saturated carbocycles. The Morgan fingerprint density at radius 3 is 2.67 bits per heavy atom.